The minimum Gasteiger partial charge on any atom is -0.508 e. The van der Waals surface area contributed by atoms with E-state index in [0.29, 0.717) is 30.4 Å². The molecule has 0 unspecified atom stereocenters. The van der Waals surface area contributed by atoms with Crippen LogP contribution < -0.4 is 15.4 Å². The predicted molar refractivity (Wildman–Crippen MR) is 114 cm³/mol. The van der Waals surface area contributed by atoms with Gasteiger partial charge >= 0.3 is 0 Å². The molecule has 3 N–H and O–H groups in total. The number of rotatable bonds is 8. The summed E-state index contributed by atoms with van der Waals surface area (Å²) in [5.74, 6) is 1.58. The molecule has 0 aliphatic carbocycles. The Hall–Kier alpha value is -3.48. The molecule has 0 radical (unpaired) electrons. The van der Waals surface area contributed by atoms with Crippen LogP contribution in [0.1, 0.15) is 23.6 Å². The van der Waals surface area contributed by atoms with E-state index in [-0.39, 0.29) is 5.75 Å². The van der Waals surface area contributed by atoms with E-state index < -0.39 is 0 Å². The fourth-order valence-corrected chi connectivity index (χ4v) is 2.95. The van der Waals surface area contributed by atoms with E-state index in [2.05, 4.69) is 32.9 Å². The number of guanidine groups is 1. The fraction of sp³-hybridized carbons (Fsp3) is 0.273. The lowest BCUT2D eigenvalue weighted by molar-refractivity contribution is 0.411. The van der Waals surface area contributed by atoms with Gasteiger partial charge in [0.05, 0.1) is 20.2 Å². The Balaban J connectivity index is 1.69. The molecule has 0 amide bonds. The molecule has 7 heteroatoms. The lowest BCUT2D eigenvalue weighted by Gasteiger charge is -2.14. The molecule has 152 valence electrons. The van der Waals surface area contributed by atoms with Gasteiger partial charge in [-0.3, -0.25) is 4.68 Å². The Morgan fingerprint density at radius 1 is 1.10 bits per heavy atom. The Morgan fingerprint density at radius 2 is 1.93 bits per heavy atom. The normalized spacial score (nSPS) is 11.3. The molecule has 0 fully saturated rings. The van der Waals surface area contributed by atoms with Gasteiger partial charge in [0.2, 0.25) is 0 Å². The summed E-state index contributed by atoms with van der Waals surface area (Å²) in [5.41, 5.74) is 3.09. The zero-order valence-electron chi connectivity index (χ0n) is 16.8. The summed E-state index contributed by atoms with van der Waals surface area (Å²) in [6.45, 7) is 4.45. The number of phenols is 1. The van der Waals surface area contributed by atoms with E-state index in [1.54, 1.807) is 31.5 Å². The van der Waals surface area contributed by atoms with Crippen molar-refractivity contribution in [3.8, 4) is 11.5 Å². The van der Waals surface area contributed by atoms with Gasteiger partial charge in [-0.15, -0.1) is 0 Å². The van der Waals surface area contributed by atoms with Gasteiger partial charge in [0.1, 0.15) is 11.5 Å². The van der Waals surface area contributed by atoms with Crippen LogP contribution in [0.5, 0.6) is 11.5 Å². The zero-order chi connectivity index (χ0) is 20.5. The van der Waals surface area contributed by atoms with E-state index in [1.807, 2.05) is 36.0 Å². The summed E-state index contributed by atoms with van der Waals surface area (Å²) in [6.07, 6.45) is 3.74. The van der Waals surface area contributed by atoms with Crippen LogP contribution >= 0.6 is 0 Å². The van der Waals surface area contributed by atoms with Gasteiger partial charge < -0.3 is 20.5 Å². The van der Waals surface area contributed by atoms with Crippen molar-refractivity contribution in [3.05, 3.63) is 77.6 Å². The Kier molecular flexibility index (Phi) is 7.10. The highest BCUT2D eigenvalue weighted by molar-refractivity contribution is 5.79. The van der Waals surface area contributed by atoms with Crippen LogP contribution in [0.25, 0.3) is 0 Å². The van der Waals surface area contributed by atoms with Crippen molar-refractivity contribution in [3.63, 3.8) is 0 Å². The Labute approximate surface area is 171 Å². The van der Waals surface area contributed by atoms with Crippen molar-refractivity contribution in [2.75, 3.05) is 13.7 Å². The summed E-state index contributed by atoms with van der Waals surface area (Å²) in [4.78, 5) is 4.60. The maximum absolute atomic E-state index is 10.1. The summed E-state index contributed by atoms with van der Waals surface area (Å²) >= 11 is 0. The van der Waals surface area contributed by atoms with Crippen LogP contribution in [0.3, 0.4) is 0 Å². The van der Waals surface area contributed by atoms with E-state index in [9.17, 15) is 5.11 Å². The van der Waals surface area contributed by atoms with Crippen LogP contribution in [-0.2, 0) is 19.6 Å². The van der Waals surface area contributed by atoms with Crippen LogP contribution in [-0.4, -0.2) is 34.5 Å². The minimum absolute atomic E-state index is 0.204. The van der Waals surface area contributed by atoms with Crippen LogP contribution in [0.2, 0.25) is 0 Å². The zero-order valence-corrected chi connectivity index (χ0v) is 16.8. The number of hydrogen-bond donors (Lipinski definition) is 3. The van der Waals surface area contributed by atoms with Gasteiger partial charge in [-0.1, -0.05) is 24.3 Å². The first-order chi connectivity index (χ1) is 14.2. The highest BCUT2D eigenvalue weighted by Crippen LogP contribution is 2.23. The number of aliphatic imine (C=N–C) groups is 1. The molecule has 0 aliphatic rings. The van der Waals surface area contributed by atoms with Crippen molar-refractivity contribution in [2.45, 2.75) is 26.6 Å². The molecule has 0 atom stereocenters. The molecule has 0 spiro atoms. The number of phenolic OH excluding ortho intramolecular Hbond substituents is 1. The third-order valence-corrected chi connectivity index (χ3v) is 4.49. The fourth-order valence-electron chi connectivity index (χ4n) is 2.95. The number of benzene rings is 2. The number of nitrogens with zero attached hydrogens (tertiary/aromatic N) is 3. The minimum atomic E-state index is 0.204. The van der Waals surface area contributed by atoms with Crippen molar-refractivity contribution in [2.24, 2.45) is 4.99 Å². The van der Waals surface area contributed by atoms with E-state index in [4.69, 9.17) is 4.74 Å². The molecular formula is C22H27N5O2. The second kappa shape index (κ2) is 10.2. The van der Waals surface area contributed by atoms with Gasteiger partial charge in [-0.2, -0.15) is 5.10 Å². The van der Waals surface area contributed by atoms with Crippen LogP contribution in [0.4, 0.5) is 0 Å². The topological polar surface area (TPSA) is 83.7 Å². The SMILES string of the molecule is CCNC(=NCc1cc(OC)ccc1O)NCc1ccccc1Cn1cccn1. The molecule has 1 aromatic heterocycles. The maximum atomic E-state index is 10.1. The maximum Gasteiger partial charge on any atom is 0.191 e. The van der Waals surface area contributed by atoms with Gasteiger partial charge in [0.15, 0.2) is 5.96 Å². The molecule has 29 heavy (non-hydrogen) atoms. The number of aromatic hydroxyl groups is 1. The number of hydrogen-bond acceptors (Lipinski definition) is 4. The first-order valence-corrected chi connectivity index (χ1v) is 9.62. The largest absolute Gasteiger partial charge is 0.508 e. The average Bonchev–Trinajstić information content (AvgIpc) is 3.25. The van der Waals surface area contributed by atoms with E-state index in [1.165, 1.54) is 11.1 Å². The van der Waals surface area contributed by atoms with Gasteiger partial charge in [0, 0.05) is 31.0 Å². The van der Waals surface area contributed by atoms with Crippen molar-refractivity contribution < 1.29 is 9.84 Å². The molecule has 0 saturated heterocycles. The molecule has 3 rings (SSSR count). The molecule has 0 saturated carbocycles. The van der Waals surface area contributed by atoms with Crippen molar-refractivity contribution >= 4 is 5.96 Å². The standard InChI is InChI=1S/C22H27N5O2/c1-3-23-22(25-15-19-13-20(29-2)9-10-21(19)28)24-14-17-7-4-5-8-18(17)16-27-12-6-11-26-27/h4-13,28H,3,14-16H2,1-2H3,(H2,23,24,25). The first-order valence-electron chi connectivity index (χ1n) is 9.62. The molecular weight excluding hydrogens is 366 g/mol. The number of nitrogens with one attached hydrogen (secondary N) is 2. The van der Waals surface area contributed by atoms with E-state index in [0.717, 1.165) is 13.1 Å². The lowest BCUT2D eigenvalue weighted by Crippen LogP contribution is -2.37. The summed E-state index contributed by atoms with van der Waals surface area (Å²) < 4.78 is 7.13. The molecule has 0 bridgehead atoms. The van der Waals surface area contributed by atoms with E-state index >= 15 is 0 Å². The number of ether oxygens (including phenoxy) is 1. The number of aromatic nitrogens is 2. The number of methoxy groups -OCH3 is 1. The highest BCUT2D eigenvalue weighted by Gasteiger charge is 2.06. The second-order valence-corrected chi connectivity index (χ2v) is 6.52. The van der Waals surface area contributed by atoms with Crippen molar-refractivity contribution in [1.29, 1.82) is 0 Å². The predicted octanol–water partition coefficient (Wildman–Crippen LogP) is 2.90. The third kappa shape index (κ3) is 5.75. The molecule has 0 aliphatic heterocycles. The quantitative estimate of drug-likeness (QED) is 0.405. The van der Waals surface area contributed by atoms with Gasteiger partial charge in [0.25, 0.3) is 0 Å². The summed E-state index contributed by atoms with van der Waals surface area (Å²) in [7, 11) is 1.60. The van der Waals surface area contributed by atoms with Gasteiger partial charge in [-0.05, 0) is 42.3 Å². The first kappa shape index (κ1) is 20.3. The van der Waals surface area contributed by atoms with Crippen LogP contribution in [0, 0.1) is 0 Å². The second-order valence-electron chi connectivity index (χ2n) is 6.52. The van der Waals surface area contributed by atoms with Crippen LogP contribution in [0.15, 0.2) is 65.9 Å². The smallest absolute Gasteiger partial charge is 0.191 e. The summed E-state index contributed by atoms with van der Waals surface area (Å²) in [5, 5.41) is 21.0. The summed E-state index contributed by atoms with van der Waals surface area (Å²) in [6, 6.07) is 15.3. The monoisotopic (exact) mass is 393 g/mol. The molecule has 7 nitrogen and oxygen atoms in total. The Morgan fingerprint density at radius 3 is 2.66 bits per heavy atom. The Bertz CT molecular complexity index is 938. The lowest BCUT2D eigenvalue weighted by atomic mass is 10.1. The highest BCUT2D eigenvalue weighted by atomic mass is 16.5. The van der Waals surface area contributed by atoms with Gasteiger partial charge in [-0.25, -0.2) is 4.99 Å². The molecule has 3 aromatic rings. The van der Waals surface area contributed by atoms with Crippen molar-refractivity contribution in [1.82, 2.24) is 20.4 Å². The molecule has 2 aromatic carbocycles. The molecule has 1 heterocycles. The average molecular weight is 393 g/mol. The third-order valence-electron chi connectivity index (χ3n) is 4.49.